The fourth-order valence-corrected chi connectivity index (χ4v) is 2.04. The van der Waals surface area contributed by atoms with Crippen molar-refractivity contribution in [2.75, 3.05) is 9.38 Å². The van der Waals surface area contributed by atoms with Crippen LogP contribution in [0.4, 0.5) is 5.69 Å². The van der Waals surface area contributed by atoms with Gasteiger partial charge in [0.25, 0.3) is 0 Å². The van der Waals surface area contributed by atoms with Crippen molar-refractivity contribution >= 4 is 31.6 Å². The molecule has 1 N–H and O–H groups in total. The van der Waals surface area contributed by atoms with Gasteiger partial charge in [0.05, 0.1) is 11.8 Å². The van der Waals surface area contributed by atoms with Gasteiger partial charge in [0.2, 0.25) is 10.0 Å². The van der Waals surface area contributed by atoms with Gasteiger partial charge in [-0.2, -0.15) is 0 Å². The van der Waals surface area contributed by atoms with Crippen LogP contribution in [0, 0.1) is 0 Å². The highest BCUT2D eigenvalue weighted by molar-refractivity contribution is 9.10. The molecule has 0 amide bonds. The maximum atomic E-state index is 11.4. The largest absolute Gasteiger partial charge is 0.491 e. The summed E-state index contributed by atoms with van der Waals surface area (Å²) in [5.74, 6) is 0.661. The van der Waals surface area contributed by atoms with E-state index in [1.165, 1.54) is 0 Å². The molecule has 1 atom stereocenters. The first-order valence-corrected chi connectivity index (χ1v) is 8.07. The van der Waals surface area contributed by atoms with Crippen LogP contribution in [0.3, 0.4) is 0 Å². The second kappa shape index (κ2) is 6.26. The molecule has 1 rings (SSSR count). The standard InChI is InChI=1S/C11H16BrNO3S/c1-3-9(2)16-11-6-4-5-10(7-11)13-17(14,15)8-12/h4-7,9,13H,3,8H2,1-2H3. The molecule has 0 aromatic heterocycles. The van der Waals surface area contributed by atoms with E-state index in [0.717, 1.165) is 6.42 Å². The Morgan fingerprint density at radius 2 is 2.18 bits per heavy atom. The van der Waals surface area contributed by atoms with Crippen molar-refractivity contribution in [2.45, 2.75) is 26.4 Å². The van der Waals surface area contributed by atoms with Crippen LogP contribution in [0.2, 0.25) is 0 Å². The summed E-state index contributed by atoms with van der Waals surface area (Å²) >= 11 is 2.92. The van der Waals surface area contributed by atoms with Gasteiger partial charge < -0.3 is 4.74 Å². The van der Waals surface area contributed by atoms with Gasteiger partial charge in [-0.25, -0.2) is 8.42 Å². The number of nitrogens with one attached hydrogen (secondary N) is 1. The summed E-state index contributed by atoms with van der Waals surface area (Å²) in [6, 6.07) is 6.91. The first kappa shape index (κ1) is 14.3. The maximum absolute atomic E-state index is 11.4. The Labute approximate surface area is 111 Å². The van der Waals surface area contributed by atoms with E-state index in [1.807, 2.05) is 13.8 Å². The van der Waals surface area contributed by atoms with Gasteiger partial charge in [0.1, 0.15) is 10.4 Å². The minimum Gasteiger partial charge on any atom is -0.491 e. The van der Waals surface area contributed by atoms with Crippen LogP contribution in [0.25, 0.3) is 0 Å². The predicted octanol–water partition coefficient (Wildman–Crippen LogP) is 2.96. The van der Waals surface area contributed by atoms with E-state index >= 15 is 0 Å². The van der Waals surface area contributed by atoms with Crippen molar-refractivity contribution in [1.82, 2.24) is 0 Å². The molecule has 0 fully saturated rings. The second-order valence-corrected chi connectivity index (χ2v) is 6.72. The van der Waals surface area contributed by atoms with Crippen LogP contribution in [0.1, 0.15) is 20.3 Å². The normalized spacial score (nSPS) is 13.1. The molecule has 0 saturated heterocycles. The van der Waals surface area contributed by atoms with E-state index in [1.54, 1.807) is 24.3 Å². The molecule has 96 valence electrons. The smallest absolute Gasteiger partial charge is 0.242 e. The zero-order valence-corrected chi connectivity index (χ0v) is 12.2. The third-order valence-electron chi connectivity index (χ3n) is 2.16. The molecule has 1 aromatic rings. The SMILES string of the molecule is CCC(C)Oc1cccc(NS(=O)(=O)CBr)c1. The Balaban J connectivity index is 2.79. The van der Waals surface area contributed by atoms with Crippen molar-refractivity contribution in [1.29, 1.82) is 0 Å². The quantitative estimate of drug-likeness (QED) is 0.819. The van der Waals surface area contributed by atoms with E-state index < -0.39 is 10.0 Å². The Kier molecular flexibility index (Phi) is 5.27. The van der Waals surface area contributed by atoms with Crippen molar-refractivity contribution in [3.05, 3.63) is 24.3 Å². The van der Waals surface area contributed by atoms with Gasteiger partial charge >= 0.3 is 0 Å². The summed E-state index contributed by atoms with van der Waals surface area (Å²) in [6.07, 6.45) is 1.01. The number of ether oxygens (including phenoxy) is 1. The number of benzene rings is 1. The topological polar surface area (TPSA) is 55.4 Å². The molecule has 1 unspecified atom stereocenters. The number of alkyl halides is 1. The Bertz CT molecular complexity index is 462. The molecule has 0 heterocycles. The van der Waals surface area contributed by atoms with Gasteiger partial charge in [-0.15, -0.1) is 0 Å². The van der Waals surface area contributed by atoms with Crippen LogP contribution >= 0.6 is 15.9 Å². The zero-order chi connectivity index (χ0) is 12.9. The average Bonchev–Trinajstić information content (AvgIpc) is 2.29. The van der Waals surface area contributed by atoms with Crippen LogP contribution in [-0.2, 0) is 10.0 Å². The molecule has 0 aliphatic rings. The number of halogens is 1. The predicted molar refractivity (Wildman–Crippen MR) is 73.2 cm³/mol. The number of sulfonamides is 1. The molecule has 0 aliphatic heterocycles. The molecule has 1 aromatic carbocycles. The molecule has 0 saturated carbocycles. The highest BCUT2D eigenvalue weighted by atomic mass is 79.9. The minimum atomic E-state index is -3.31. The Morgan fingerprint density at radius 1 is 1.47 bits per heavy atom. The number of hydrogen-bond acceptors (Lipinski definition) is 3. The fourth-order valence-electron chi connectivity index (χ4n) is 1.16. The Morgan fingerprint density at radius 3 is 2.76 bits per heavy atom. The molecule has 4 nitrogen and oxygen atoms in total. The monoisotopic (exact) mass is 321 g/mol. The average molecular weight is 322 g/mol. The zero-order valence-electron chi connectivity index (χ0n) is 9.81. The Hall–Kier alpha value is -0.750. The molecular formula is C11H16BrNO3S. The lowest BCUT2D eigenvalue weighted by molar-refractivity contribution is 0.217. The van der Waals surface area contributed by atoms with Gasteiger partial charge in [-0.3, -0.25) is 4.72 Å². The first-order valence-electron chi connectivity index (χ1n) is 5.30. The van der Waals surface area contributed by atoms with Crippen LogP contribution in [-0.4, -0.2) is 19.2 Å². The van der Waals surface area contributed by atoms with E-state index in [9.17, 15) is 8.42 Å². The summed E-state index contributed by atoms with van der Waals surface area (Å²) in [5.41, 5.74) is 0.505. The third kappa shape index (κ3) is 4.95. The third-order valence-corrected chi connectivity index (χ3v) is 4.81. The van der Waals surface area contributed by atoms with Crippen LogP contribution in [0.15, 0.2) is 24.3 Å². The summed E-state index contributed by atoms with van der Waals surface area (Å²) in [4.78, 5) is 0. The van der Waals surface area contributed by atoms with Gasteiger partial charge in [-0.05, 0) is 25.5 Å². The summed E-state index contributed by atoms with van der Waals surface area (Å²) in [5, 5.41) is 0. The molecule has 0 radical (unpaired) electrons. The lowest BCUT2D eigenvalue weighted by Gasteiger charge is -2.13. The first-order chi connectivity index (χ1) is 7.96. The maximum Gasteiger partial charge on any atom is 0.242 e. The van der Waals surface area contributed by atoms with Crippen molar-refractivity contribution in [3.63, 3.8) is 0 Å². The number of anilines is 1. The van der Waals surface area contributed by atoms with Gasteiger partial charge in [0, 0.05) is 6.07 Å². The van der Waals surface area contributed by atoms with Crippen molar-refractivity contribution in [2.24, 2.45) is 0 Å². The minimum absolute atomic E-state index is 0.109. The van der Waals surface area contributed by atoms with Crippen molar-refractivity contribution < 1.29 is 13.2 Å². The van der Waals surface area contributed by atoms with Crippen molar-refractivity contribution in [3.8, 4) is 5.75 Å². The van der Waals surface area contributed by atoms with E-state index in [-0.39, 0.29) is 10.8 Å². The van der Waals surface area contributed by atoms with Crippen LogP contribution in [0.5, 0.6) is 5.75 Å². The molecule has 0 spiro atoms. The number of rotatable bonds is 6. The molecule has 17 heavy (non-hydrogen) atoms. The fraction of sp³-hybridized carbons (Fsp3) is 0.455. The molecule has 0 bridgehead atoms. The van der Waals surface area contributed by atoms with E-state index in [4.69, 9.17) is 4.74 Å². The van der Waals surface area contributed by atoms with E-state index in [0.29, 0.717) is 11.4 Å². The van der Waals surface area contributed by atoms with Gasteiger partial charge in [0.15, 0.2) is 0 Å². The summed E-state index contributed by atoms with van der Waals surface area (Å²) in [7, 11) is -3.31. The lowest BCUT2D eigenvalue weighted by Crippen LogP contribution is -2.14. The van der Waals surface area contributed by atoms with E-state index in [2.05, 4.69) is 20.7 Å². The number of hydrogen-bond donors (Lipinski definition) is 1. The highest BCUT2D eigenvalue weighted by Crippen LogP contribution is 2.20. The second-order valence-electron chi connectivity index (χ2n) is 3.69. The van der Waals surface area contributed by atoms with Gasteiger partial charge in [-0.1, -0.05) is 28.9 Å². The molecule has 6 heteroatoms. The summed E-state index contributed by atoms with van der Waals surface area (Å²) in [6.45, 7) is 4.00. The lowest BCUT2D eigenvalue weighted by atomic mass is 10.3. The molecule has 0 aliphatic carbocycles. The van der Waals surface area contributed by atoms with Crippen LogP contribution < -0.4 is 9.46 Å². The highest BCUT2D eigenvalue weighted by Gasteiger charge is 2.08. The molecular weight excluding hydrogens is 306 g/mol. The summed E-state index contributed by atoms with van der Waals surface area (Å²) < 4.78 is 30.6.